The van der Waals surface area contributed by atoms with Crippen LogP contribution in [0.4, 0.5) is 0 Å². The first-order valence-electron chi connectivity index (χ1n) is 6.73. The summed E-state index contributed by atoms with van der Waals surface area (Å²) in [4.78, 5) is 0. The van der Waals surface area contributed by atoms with Crippen molar-refractivity contribution >= 4 is 32.3 Å². The SMILES string of the molecule is Cc1cc2ccccc2c2nnc(-c3ccc(Br)cc3)n12. The Labute approximate surface area is 130 Å². The molecule has 0 bridgehead atoms. The van der Waals surface area contributed by atoms with Crippen LogP contribution in [0.2, 0.25) is 0 Å². The van der Waals surface area contributed by atoms with Crippen LogP contribution in [0.3, 0.4) is 0 Å². The van der Waals surface area contributed by atoms with Crippen LogP contribution in [0.15, 0.2) is 59.1 Å². The van der Waals surface area contributed by atoms with Gasteiger partial charge in [0.2, 0.25) is 0 Å². The summed E-state index contributed by atoms with van der Waals surface area (Å²) < 4.78 is 3.17. The molecule has 4 heteroatoms. The van der Waals surface area contributed by atoms with Crippen LogP contribution in [0.25, 0.3) is 27.8 Å². The van der Waals surface area contributed by atoms with E-state index in [1.54, 1.807) is 0 Å². The average Bonchev–Trinajstić information content (AvgIpc) is 2.94. The maximum absolute atomic E-state index is 4.41. The van der Waals surface area contributed by atoms with Gasteiger partial charge in [0.15, 0.2) is 11.5 Å². The largest absolute Gasteiger partial charge is 0.279 e. The quantitative estimate of drug-likeness (QED) is 0.507. The second-order valence-electron chi connectivity index (χ2n) is 5.06. The number of nitrogens with zero attached hydrogens (tertiary/aromatic N) is 3. The van der Waals surface area contributed by atoms with E-state index in [4.69, 9.17) is 0 Å². The van der Waals surface area contributed by atoms with E-state index >= 15 is 0 Å². The zero-order valence-corrected chi connectivity index (χ0v) is 13.0. The molecule has 0 spiro atoms. The van der Waals surface area contributed by atoms with E-state index in [0.29, 0.717) is 0 Å². The number of pyridine rings is 1. The van der Waals surface area contributed by atoms with Gasteiger partial charge in [-0.15, -0.1) is 10.2 Å². The van der Waals surface area contributed by atoms with Crippen LogP contribution in [0.1, 0.15) is 5.69 Å². The van der Waals surface area contributed by atoms with Crippen molar-refractivity contribution in [2.24, 2.45) is 0 Å². The van der Waals surface area contributed by atoms with Crippen molar-refractivity contribution in [3.8, 4) is 11.4 Å². The molecule has 0 radical (unpaired) electrons. The lowest BCUT2D eigenvalue weighted by atomic mass is 10.1. The third-order valence-electron chi connectivity index (χ3n) is 3.68. The zero-order valence-electron chi connectivity index (χ0n) is 11.4. The average molecular weight is 338 g/mol. The Kier molecular flexibility index (Phi) is 2.79. The lowest BCUT2D eigenvalue weighted by molar-refractivity contribution is 1.08. The highest BCUT2D eigenvalue weighted by atomic mass is 79.9. The predicted octanol–water partition coefficient (Wildman–Crippen LogP) is 4.62. The molecule has 3 nitrogen and oxygen atoms in total. The van der Waals surface area contributed by atoms with Gasteiger partial charge in [0.1, 0.15) is 0 Å². The van der Waals surface area contributed by atoms with E-state index in [1.165, 1.54) is 5.39 Å². The Balaban J connectivity index is 2.08. The number of fused-ring (bicyclic) bond motifs is 3. The topological polar surface area (TPSA) is 30.2 Å². The van der Waals surface area contributed by atoms with Gasteiger partial charge in [-0.1, -0.05) is 52.3 Å². The van der Waals surface area contributed by atoms with Crippen LogP contribution < -0.4 is 0 Å². The molecule has 0 N–H and O–H groups in total. The first-order valence-corrected chi connectivity index (χ1v) is 7.53. The van der Waals surface area contributed by atoms with Crippen molar-refractivity contribution in [2.45, 2.75) is 6.92 Å². The monoisotopic (exact) mass is 337 g/mol. The fourth-order valence-electron chi connectivity index (χ4n) is 2.69. The minimum absolute atomic E-state index is 0.876. The lowest BCUT2D eigenvalue weighted by Gasteiger charge is -2.07. The van der Waals surface area contributed by atoms with Crippen LogP contribution in [0.5, 0.6) is 0 Å². The molecule has 4 aromatic rings. The summed E-state index contributed by atoms with van der Waals surface area (Å²) in [6, 6.07) is 18.6. The van der Waals surface area contributed by atoms with Gasteiger partial charge in [-0.3, -0.25) is 4.40 Å². The van der Waals surface area contributed by atoms with Crippen LogP contribution in [-0.2, 0) is 0 Å². The molecule has 102 valence electrons. The number of benzene rings is 2. The fourth-order valence-corrected chi connectivity index (χ4v) is 2.96. The van der Waals surface area contributed by atoms with Crippen LogP contribution >= 0.6 is 15.9 Å². The number of aryl methyl sites for hydroxylation is 1. The second-order valence-corrected chi connectivity index (χ2v) is 5.98. The van der Waals surface area contributed by atoms with E-state index < -0.39 is 0 Å². The number of hydrogen-bond donors (Lipinski definition) is 0. The molecule has 0 unspecified atom stereocenters. The second kappa shape index (κ2) is 4.67. The molecule has 4 rings (SSSR count). The van der Waals surface area contributed by atoms with E-state index in [1.807, 2.05) is 24.3 Å². The van der Waals surface area contributed by atoms with Crippen molar-refractivity contribution in [1.82, 2.24) is 14.6 Å². The van der Waals surface area contributed by atoms with E-state index in [-0.39, 0.29) is 0 Å². The van der Waals surface area contributed by atoms with Crippen LogP contribution in [-0.4, -0.2) is 14.6 Å². The summed E-state index contributed by atoms with van der Waals surface area (Å²) in [5.74, 6) is 0.876. The third-order valence-corrected chi connectivity index (χ3v) is 4.21. The standard InChI is InChI=1S/C17H12BrN3/c1-11-10-13-4-2-3-5-15(13)17-20-19-16(21(11)17)12-6-8-14(18)9-7-12/h2-10H,1H3. The fraction of sp³-hybridized carbons (Fsp3) is 0.0588. The highest BCUT2D eigenvalue weighted by Gasteiger charge is 2.12. The molecular formula is C17H12BrN3. The Bertz CT molecular complexity index is 955. The van der Waals surface area contributed by atoms with Gasteiger partial charge in [-0.2, -0.15) is 0 Å². The predicted molar refractivity (Wildman–Crippen MR) is 88.4 cm³/mol. The summed E-state index contributed by atoms with van der Waals surface area (Å²) in [5.41, 5.74) is 3.10. The molecule has 21 heavy (non-hydrogen) atoms. The molecule has 2 aromatic carbocycles. The Hall–Kier alpha value is -2.20. The molecule has 2 heterocycles. The summed E-state index contributed by atoms with van der Waals surface area (Å²) in [6.45, 7) is 2.09. The Morgan fingerprint density at radius 2 is 1.71 bits per heavy atom. The molecular weight excluding hydrogens is 326 g/mol. The summed E-state index contributed by atoms with van der Waals surface area (Å²) >= 11 is 3.46. The molecule has 2 aromatic heterocycles. The first-order chi connectivity index (χ1) is 10.2. The summed E-state index contributed by atoms with van der Waals surface area (Å²) in [7, 11) is 0. The minimum atomic E-state index is 0.876. The zero-order chi connectivity index (χ0) is 14.4. The van der Waals surface area contributed by atoms with Crippen molar-refractivity contribution < 1.29 is 0 Å². The molecule has 0 fully saturated rings. The van der Waals surface area contributed by atoms with Gasteiger partial charge in [0.05, 0.1) is 0 Å². The Morgan fingerprint density at radius 1 is 0.952 bits per heavy atom. The number of aromatic nitrogens is 3. The van der Waals surface area contributed by atoms with Gasteiger partial charge in [-0.25, -0.2) is 0 Å². The number of rotatable bonds is 1. The van der Waals surface area contributed by atoms with E-state index in [9.17, 15) is 0 Å². The molecule has 0 aliphatic rings. The molecule has 0 saturated heterocycles. The normalized spacial score (nSPS) is 11.3. The van der Waals surface area contributed by atoms with Crippen molar-refractivity contribution in [1.29, 1.82) is 0 Å². The third kappa shape index (κ3) is 1.94. The van der Waals surface area contributed by atoms with E-state index in [0.717, 1.165) is 32.6 Å². The maximum atomic E-state index is 4.41. The molecule has 0 amide bonds. The van der Waals surface area contributed by atoms with Gasteiger partial charge >= 0.3 is 0 Å². The van der Waals surface area contributed by atoms with Crippen molar-refractivity contribution in [3.63, 3.8) is 0 Å². The highest BCUT2D eigenvalue weighted by Crippen LogP contribution is 2.26. The maximum Gasteiger partial charge on any atom is 0.169 e. The minimum Gasteiger partial charge on any atom is -0.279 e. The highest BCUT2D eigenvalue weighted by molar-refractivity contribution is 9.10. The number of halogens is 1. The summed E-state index contributed by atoms with van der Waals surface area (Å²) in [6.07, 6.45) is 0. The van der Waals surface area contributed by atoms with Crippen LogP contribution in [0, 0.1) is 6.92 Å². The molecule has 0 aliphatic carbocycles. The first kappa shape index (κ1) is 12.5. The molecule has 0 atom stereocenters. The van der Waals surface area contributed by atoms with Gasteiger partial charge < -0.3 is 0 Å². The lowest BCUT2D eigenvalue weighted by Crippen LogP contribution is -1.95. The van der Waals surface area contributed by atoms with Gasteiger partial charge in [-0.05, 0) is 30.5 Å². The van der Waals surface area contributed by atoms with Gasteiger partial charge in [0.25, 0.3) is 0 Å². The van der Waals surface area contributed by atoms with Gasteiger partial charge in [0, 0.05) is 21.1 Å². The Morgan fingerprint density at radius 3 is 2.52 bits per heavy atom. The van der Waals surface area contributed by atoms with Crippen molar-refractivity contribution in [2.75, 3.05) is 0 Å². The van der Waals surface area contributed by atoms with E-state index in [2.05, 4.69) is 67.8 Å². The molecule has 0 saturated carbocycles. The number of hydrogen-bond acceptors (Lipinski definition) is 2. The smallest absolute Gasteiger partial charge is 0.169 e. The molecule has 0 aliphatic heterocycles. The van der Waals surface area contributed by atoms with Crippen molar-refractivity contribution in [3.05, 3.63) is 64.8 Å². The summed E-state index contributed by atoms with van der Waals surface area (Å²) in [5, 5.41) is 11.1.